The van der Waals surface area contributed by atoms with Gasteiger partial charge in [-0.05, 0) is 56.1 Å². The van der Waals surface area contributed by atoms with E-state index in [1.165, 1.54) is 13.8 Å². The first-order chi connectivity index (χ1) is 10.8. The Hall–Kier alpha value is -1.84. The van der Waals surface area contributed by atoms with E-state index in [0.717, 1.165) is 42.4 Å². The molecule has 4 heteroatoms. The van der Waals surface area contributed by atoms with Crippen molar-refractivity contribution < 1.29 is 19.1 Å². The molecule has 0 fully saturated rings. The van der Waals surface area contributed by atoms with Gasteiger partial charge in [0.05, 0.1) is 0 Å². The van der Waals surface area contributed by atoms with Gasteiger partial charge < -0.3 is 9.47 Å². The largest absolute Gasteiger partial charge is 0.461 e. The summed E-state index contributed by atoms with van der Waals surface area (Å²) in [7, 11) is 0. The summed E-state index contributed by atoms with van der Waals surface area (Å²) < 4.78 is 10.6. The van der Waals surface area contributed by atoms with Crippen molar-refractivity contribution in [1.29, 1.82) is 0 Å². The van der Waals surface area contributed by atoms with Crippen molar-refractivity contribution in [3.63, 3.8) is 0 Å². The quantitative estimate of drug-likeness (QED) is 0.577. The molecule has 0 aliphatic heterocycles. The third-order valence-electron chi connectivity index (χ3n) is 4.13. The SMILES string of the molecule is C=C1CC/C=C(/COC(C)=O)CC[C@H](C(=C)C)CC1OC(C)=O. The van der Waals surface area contributed by atoms with Crippen LogP contribution in [-0.4, -0.2) is 24.6 Å². The Bertz CT molecular complexity index is 501. The van der Waals surface area contributed by atoms with E-state index in [1.54, 1.807) is 0 Å². The summed E-state index contributed by atoms with van der Waals surface area (Å²) in [5, 5.41) is 0. The van der Waals surface area contributed by atoms with Crippen molar-refractivity contribution in [2.45, 2.75) is 59.0 Å². The van der Waals surface area contributed by atoms with E-state index in [9.17, 15) is 9.59 Å². The monoisotopic (exact) mass is 320 g/mol. The molecule has 1 unspecified atom stereocenters. The van der Waals surface area contributed by atoms with Gasteiger partial charge in [-0.25, -0.2) is 0 Å². The third kappa shape index (κ3) is 7.31. The lowest BCUT2D eigenvalue weighted by Crippen LogP contribution is -2.23. The molecule has 0 aromatic heterocycles. The second-order valence-electron chi connectivity index (χ2n) is 6.26. The predicted molar refractivity (Wildman–Crippen MR) is 90.8 cm³/mol. The van der Waals surface area contributed by atoms with Gasteiger partial charge >= 0.3 is 11.9 Å². The molecular weight excluding hydrogens is 292 g/mol. The van der Waals surface area contributed by atoms with Crippen LogP contribution in [0.25, 0.3) is 0 Å². The van der Waals surface area contributed by atoms with E-state index in [0.29, 0.717) is 13.0 Å². The molecule has 0 amide bonds. The lowest BCUT2D eigenvalue weighted by molar-refractivity contribution is -0.145. The van der Waals surface area contributed by atoms with Gasteiger partial charge in [0, 0.05) is 13.8 Å². The zero-order valence-electron chi connectivity index (χ0n) is 14.5. The van der Waals surface area contributed by atoms with Crippen molar-refractivity contribution in [3.8, 4) is 0 Å². The maximum absolute atomic E-state index is 11.3. The molecule has 23 heavy (non-hydrogen) atoms. The van der Waals surface area contributed by atoms with E-state index in [1.807, 2.05) is 6.92 Å². The minimum atomic E-state index is -0.278. The van der Waals surface area contributed by atoms with Crippen LogP contribution in [0.3, 0.4) is 0 Å². The number of ether oxygens (including phenoxy) is 2. The number of allylic oxidation sites excluding steroid dienone is 2. The molecule has 0 saturated carbocycles. The minimum absolute atomic E-state index is 0.245. The number of hydrogen-bond donors (Lipinski definition) is 0. The minimum Gasteiger partial charge on any atom is -0.461 e. The summed E-state index contributed by atoms with van der Waals surface area (Å²) in [5.74, 6) is -0.298. The van der Waals surface area contributed by atoms with Crippen molar-refractivity contribution in [2.75, 3.05) is 6.61 Å². The van der Waals surface area contributed by atoms with Crippen LogP contribution in [0, 0.1) is 5.92 Å². The van der Waals surface area contributed by atoms with Gasteiger partial charge in [0.25, 0.3) is 0 Å². The van der Waals surface area contributed by atoms with Crippen LogP contribution >= 0.6 is 0 Å². The number of hydrogen-bond acceptors (Lipinski definition) is 4. The number of esters is 2. The van der Waals surface area contributed by atoms with E-state index in [4.69, 9.17) is 9.47 Å². The van der Waals surface area contributed by atoms with Gasteiger partial charge in [0.2, 0.25) is 0 Å². The van der Waals surface area contributed by atoms with Crippen LogP contribution in [0.1, 0.15) is 52.9 Å². The lowest BCUT2D eigenvalue weighted by atomic mass is 9.85. The van der Waals surface area contributed by atoms with Crippen molar-refractivity contribution >= 4 is 11.9 Å². The molecular formula is C19H28O4. The smallest absolute Gasteiger partial charge is 0.303 e. The highest BCUT2D eigenvalue weighted by Gasteiger charge is 2.23. The first-order valence-corrected chi connectivity index (χ1v) is 8.11. The predicted octanol–water partition coefficient (Wildman–Crippen LogP) is 4.12. The Labute approximate surface area is 139 Å². The van der Waals surface area contributed by atoms with Crippen LogP contribution < -0.4 is 0 Å². The summed E-state index contributed by atoms with van der Waals surface area (Å²) in [6.07, 6.45) is 5.89. The van der Waals surface area contributed by atoms with Gasteiger partial charge in [-0.1, -0.05) is 24.8 Å². The molecule has 4 nitrogen and oxygen atoms in total. The average Bonchev–Trinajstić information content (AvgIpc) is 2.45. The van der Waals surface area contributed by atoms with Crippen LogP contribution in [-0.2, 0) is 19.1 Å². The molecule has 0 spiro atoms. The van der Waals surface area contributed by atoms with Crippen LogP contribution in [0.15, 0.2) is 36.0 Å². The van der Waals surface area contributed by atoms with E-state index >= 15 is 0 Å². The van der Waals surface area contributed by atoms with Gasteiger partial charge in [0.1, 0.15) is 12.7 Å². The molecule has 1 aliphatic rings. The van der Waals surface area contributed by atoms with Crippen molar-refractivity contribution in [2.24, 2.45) is 5.92 Å². The van der Waals surface area contributed by atoms with E-state index in [-0.39, 0.29) is 24.0 Å². The molecule has 1 aliphatic carbocycles. The molecule has 0 heterocycles. The van der Waals surface area contributed by atoms with Gasteiger partial charge in [-0.15, -0.1) is 0 Å². The van der Waals surface area contributed by atoms with Crippen LogP contribution in [0.5, 0.6) is 0 Å². The van der Waals surface area contributed by atoms with Gasteiger partial charge in [0.15, 0.2) is 0 Å². The fraction of sp³-hybridized carbons (Fsp3) is 0.579. The van der Waals surface area contributed by atoms with E-state index < -0.39 is 0 Å². The Kier molecular flexibility index (Phi) is 7.79. The Morgan fingerprint density at radius 1 is 1.22 bits per heavy atom. The summed E-state index contributed by atoms with van der Waals surface area (Å²) in [6, 6.07) is 0. The Morgan fingerprint density at radius 2 is 1.91 bits per heavy atom. The second kappa shape index (κ2) is 9.33. The first-order valence-electron chi connectivity index (χ1n) is 8.11. The van der Waals surface area contributed by atoms with Gasteiger partial charge in [-0.2, -0.15) is 0 Å². The Morgan fingerprint density at radius 3 is 2.48 bits per heavy atom. The highest BCUT2D eigenvalue weighted by atomic mass is 16.5. The molecule has 0 aromatic carbocycles. The third-order valence-corrected chi connectivity index (χ3v) is 4.13. The second-order valence-corrected chi connectivity index (χ2v) is 6.26. The molecule has 0 saturated heterocycles. The highest BCUT2D eigenvalue weighted by Crippen LogP contribution is 2.30. The zero-order valence-corrected chi connectivity index (χ0v) is 14.5. The summed E-state index contributed by atoms with van der Waals surface area (Å²) in [5.41, 5.74) is 3.13. The Balaban J connectivity index is 2.86. The molecule has 0 radical (unpaired) electrons. The van der Waals surface area contributed by atoms with Crippen LogP contribution in [0.2, 0.25) is 0 Å². The zero-order chi connectivity index (χ0) is 17.4. The number of rotatable bonds is 4. The van der Waals surface area contributed by atoms with Crippen molar-refractivity contribution in [3.05, 3.63) is 36.0 Å². The summed E-state index contributed by atoms with van der Waals surface area (Å²) in [4.78, 5) is 22.3. The fourth-order valence-electron chi connectivity index (χ4n) is 2.73. The molecule has 0 aromatic rings. The maximum atomic E-state index is 11.3. The standard InChI is InChI=1S/C19H28O4/c1-13(2)18-10-9-17(12-22-15(4)20)8-6-7-14(3)19(11-18)23-16(5)21/h8,18-19H,1,3,6-7,9-12H2,2,4-5H3/b17-8+/t18-,19?/m0/s1. The average molecular weight is 320 g/mol. The van der Waals surface area contributed by atoms with Crippen LogP contribution in [0.4, 0.5) is 0 Å². The summed E-state index contributed by atoms with van der Waals surface area (Å²) >= 11 is 0. The topological polar surface area (TPSA) is 52.6 Å². The van der Waals surface area contributed by atoms with E-state index in [2.05, 4.69) is 19.2 Å². The van der Waals surface area contributed by atoms with Gasteiger partial charge in [-0.3, -0.25) is 9.59 Å². The molecule has 0 N–H and O–H groups in total. The van der Waals surface area contributed by atoms with Crippen molar-refractivity contribution in [1.82, 2.24) is 0 Å². The number of carbonyl (C=O) groups excluding carboxylic acids is 2. The fourth-order valence-corrected chi connectivity index (χ4v) is 2.73. The summed E-state index contributed by atoms with van der Waals surface area (Å²) in [6.45, 7) is 13.4. The maximum Gasteiger partial charge on any atom is 0.303 e. The first kappa shape index (κ1) is 19.2. The number of carbonyl (C=O) groups is 2. The molecule has 1 rings (SSSR count). The highest BCUT2D eigenvalue weighted by molar-refractivity contribution is 5.66. The molecule has 128 valence electrons. The molecule has 2 atom stereocenters. The molecule has 0 bridgehead atoms. The lowest BCUT2D eigenvalue weighted by Gasteiger charge is -2.27. The normalized spacial score (nSPS) is 25.0.